The first-order chi connectivity index (χ1) is 14.8. The van der Waals surface area contributed by atoms with Crippen molar-refractivity contribution < 1.29 is 23.1 Å². The van der Waals surface area contributed by atoms with Crippen LogP contribution in [-0.4, -0.2) is 37.4 Å². The van der Waals surface area contributed by atoms with Crippen LogP contribution in [0.15, 0.2) is 39.4 Å². The maximum absolute atomic E-state index is 15.4. The number of hydrogen-bond donors (Lipinski definition) is 2. The number of furan rings is 1. The number of para-hydroxylation sites is 1. The maximum Gasteiger partial charge on any atom is 0.292 e. The fourth-order valence-corrected chi connectivity index (χ4v) is 3.96. The molecule has 4 heterocycles. The summed E-state index contributed by atoms with van der Waals surface area (Å²) in [6, 6.07) is 5.93. The molecule has 31 heavy (non-hydrogen) atoms. The number of rotatable bonds is 3. The van der Waals surface area contributed by atoms with Crippen molar-refractivity contribution in [2.75, 3.05) is 6.54 Å². The Bertz CT molecular complexity index is 1300. The predicted molar refractivity (Wildman–Crippen MR) is 108 cm³/mol. The Labute approximate surface area is 176 Å². The molecule has 9 heteroatoms. The number of nitrogens with zero attached hydrogens (tertiary/aromatic N) is 3. The minimum atomic E-state index is -1.34. The van der Waals surface area contributed by atoms with E-state index in [2.05, 4.69) is 15.0 Å². The quantitative estimate of drug-likeness (QED) is 0.520. The number of hydrogen-bond acceptors (Lipinski definition) is 6. The van der Waals surface area contributed by atoms with Crippen LogP contribution < -0.4 is 0 Å². The smallest absolute Gasteiger partial charge is 0.292 e. The lowest BCUT2D eigenvalue weighted by Crippen LogP contribution is -2.41. The van der Waals surface area contributed by atoms with Crippen LogP contribution in [0.25, 0.3) is 11.0 Å². The van der Waals surface area contributed by atoms with E-state index in [4.69, 9.17) is 8.83 Å². The predicted octanol–water partition coefficient (Wildman–Crippen LogP) is 3.61. The lowest BCUT2D eigenvalue weighted by Gasteiger charge is -2.33. The molecule has 0 radical (unpaired) electrons. The molecule has 3 aromatic heterocycles. The second-order valence-corrected chi connectivity index (χ2v) is 8.19. The van der Waals surface area contributed by atoms with Gasteiger partial charge in [-0.25, -0.2) is 14.4 Å². The van der Waals surface area contributed by atoms with Crippen molar-refractivity contribution in [1.29, 1.82) is 0 Å². The van der Waals surface area contributed by atoms with Crippen molar-refractivity contribution in [2.24, 2.45) is 0 Å². The molecule has 0 bridgehead atoms. The maximum atomic E-state index is 15.4. The number of fused-ring (bicyclic) bond motifs is 2. The van der Waals surface area contributed by atoms with Gasteiger partial charge in [-0.2, -0.15) is 0 Å². The summed E-state index contributed by atoms with van der Waals surface area (Å²) in [5.41, 5.74) is 0.743. The van der Waals surface area contributed by atoms with E-state index >= 15 is 4.39 Å². The van der Waals surface area contributed by atoms with E-state index < -0.39 is 23.4 Å². The lowest BCUT2D eigenvalue weighted by atomic mass is 9.99. The first-order valence-corrected chi connectivity index (χ1v) is 9.96. The van der Waals surface area contributed by atoms with Crippen molar-refractivity contribution in [1.82, 2.24) is 19.9 Å². The third-order valence-corrected chi connectivity index (χ3v) is 5.51. The van der Waals surface area contributed by atoms with Crippen LogP contribution in [0.5, 0.6) is 0 Å². The third-order valence-electron chi connectivity index (χ3n) is 5.51. The molecule has 1 amide bonds. The van der Waals surface area contributed by atoms with E-state index in [-0.39, 0.29) is 17.4 Å². The van der Waals surface area contributed by atoms with Crippen molar-refractivity contribution in [3.05, 3.63) is 70.9 Å². The van der Waals surface area contributed by atoms with Gasteiger partial charge >= 0.3 is 0 Å². The Morgan fingerprint density at radius 3 is 2.81 bits per heavy atom. The molecule has 5 rings (SSSR count). The second kappa shape index (κ2) is 6.78. The van der Waals surface area contributed by atoms with Crippen LogP contribution >= 0.6 is 0 Å². The number of aryl methyl sites for hydroxylation is 1. The van der Waals surface area contributed by atoms with Gasteiger partial charge in [0.25, 0.3) is 5.91 Å². The largest absolute Gasteiger partial charge is 0.455 e. The van der Waals surface area contributed by atoms with E-state index in [1.54, 1.807) is 31.2 Å². The van der Waals surface area contributed by atoms with Gasteiger partial charge in [0.15, 0.2) is 11.6 Å². The van der Waals surface area contributed by atoms with E-state index in [1.807, 2.05) is 0 Å². The molecular weight excluding hydrogens is 403 g/mol. The summed E-state index contributed by atoms with van der Waals surface area (Å²) in [6.45, 7) is 4.98. The summed E-state index contributed by atoms with van der Waals surface area (Å²) in [5, 5.41) is 10.5. The average Bonchev–Trinajstić information content (AvgIpc) is 3.44. The highest BCUT2D eigenvalue weighted by Crippen LogP contribution is 2.39. The Hall–Kier alpha value is -3.46. The highest BCUT2D eigenvalue weighted by atomic mass is 19.1. The van der Waals surface area contributed by atoms with Crippen LogP contribution in [0.2, 0.25) is 0 Å². The Morgan fingerprint density at radius 2 is 2.10 bits per heavy atom. The number of carbonyl (C=O) groups is 1. The number of imidazole rings is 1. The topological polar surface area (TPSA) is 108 Å². The molecular formula is C22H21FN4O4. The molecule has 0 aliphatic carbocycles. The molecule has 1 aromatic carbocycles. The zero-order valence-electron chi connectivity index (χ0n) is 17.3. The zero-order chi connectivity index (χ0) is 21.9. The molecule has 0 spiro atoms. The fraction of sp³-hybridized carbons (Fsp3) is 0.318. The normalized spacial score (nSPS) is 16.7. The van der Waals surface area contributed by atoms with Crippen molar-refractivity contribution in [3.63, 3.8) is 0 Å². The molecule has 2 N–H and O–H groups in total. The number of amides is 1. The lowest BCUT2D eigenvalue weighted by molar-refractivity contribution is 0.0437. The van der Waals surface area contributed by atoms with E-state index in [0.717, 1.165) is 5.69 Å². The monoisotopic (exact) mass is 424 g/mol. The van der Waals surface area contributed by atoms with Gasteiger partial charge in [0, 0.05) is 18.7 Å². The SMILES string of the molecule is Cc1nc(C(C)(C)O)oc1C(=O)N1CCc2[nH]cnc2[C@H]1c1oc2ccccc2c1F. The molecule has 0 saturated heterocycles. The van der Waals surface area contributed by atoms with Crippen LogP contribution in [0.3, 0.4) is 0 Å². The zero-order valence-corrected chi connectivity index (χ0v) is 17.3. The van der Waals surface area contributed by atoms with Crippen LogP contribution in [-0.2, 0) is 12.0 Å². The van der Waals surface area contributed by atoms with Gasteiger partial charge in [0.05, 0.1) is 23.1 Å². The van der Waals surface area contributed by atoms with Gasteiger partial charge in [-0.1, -0.05) is 12.1 Å². The number of halogens is 1. The number of carbonyl (C=O) groups excluding carboxylic acids is 1. The number of nitrogens with one attached hydrogen (secondary N) is 1. The summed E-state index contributed by atoms with van der Waals surface area (Å²) in [4.78, 5) is 26.6. The molecule has 1 aliphatic heterocycles. The highest BCUT2D eigenvalue weighted by Gasteiger charge is 2.41. The van der Waals surface area contributed by atoms with E-state index in [0.29, 0.717) is 35.3 Å². The summed E-state index contributed by atoms with van der Waals surface area (Å²) >= 11 is 0. The van der Waals surface area contributed by atoms with E-state index in [9.17, 15) is 9.90 Å². The molecule has 4 aromatic rings. The average molecular weight is 424 g/mol. The summed E-state index contributed by atoms with van der Waals surface area (Å²) in [7, 11) is 0. The van der Waals surface area contributed by atoms with Crippen LogP contribution in [0.1, 0.15) is 59.2 Å². The van der Waals surface area contributed by atoms with Crippen molar-refractivity contribution in [3.8, 4) is 0 Å². The first-order valence-electron chi connectivity index (χ1n) is 9.96. The second-order valence-electron chi connectivity index (χ2n) is 8.19. The molecule has 160 valence electrons. The number of aromatic nitrogens is 3. The van der Waals surface area contributed by atoms with Gasteiger partial charge in [-0.15, -0.1) is 0 Å². The van der Waals surface area contributed by atoms with Crippen molar-refractivity contribution in [2.45, 2.75) is 38.8 Å². The molecule has 8 nitrogen and oxygen atoms in total. The highest BCUT2D eigenvalue weighted by molar-refractivity contribution is 5.93. The number of aromatic amines is 1. The molecule has 1 aliphatic rings. The van der Waals surface area contributed by atoms with Gasteiger partial charge in [-0.3, -0.25) is 4.79 Å². The Balaban J connectivity index is 1.63. The van der Waals surface area contributed by atoms with Crippen molar-refractivity contribution >= 4 is 16.9 Å². The number of aliphatic hydroxyl groups is 1. The Kier molecular flexibility index (Phi) is 4.26. The third kappa shape index (κ3) is 3.04. The van der Waals surface area contributed by atoms with Crippen LogP contribution in [0.4, 0.5) is 4.39 Å². The minimum Gasteiger partial charge on any atom is -0.455 e. The summed E-state index contributed by atoms with van der Waals surface area (Å²) < 4.78 is 26.8. The standard InChI is InChI=1S/C22H21FN4O4/c1-11-18(31-21(26-11)22(2,3)29)20(28)27-9-8-13-16(25-10-24-13)17(27)19-15(23)12-6-4-5-7-14(12)30-19/h4-7,10,17,29H,8-9H2,1-3H3,(H,24,25)/t17-/m0/s1. The molecule has 0 unspecified atom stereocenters. The van der Waals surface area contributed by atoms with Crippen LogP contribution in [0, 0.1) is 12.7 Å². The summed E-state index contributed by atoms with van der Waals surface area (Å²) in [6.07, 6.45) is 2.04. The van der Waals surface area contributed by atoms with Gasteiger partial charge in [-0.05, 0) is 32.9 Å². The number of benzene rings is 1. The first kappa shape index (κ1) is 19.5. The number of H-pyrrole nitrogens is 1. The molecule has 0 saturated carbocycles. The molecule has 1 atom stereocenters. The van der Waals surface area contributed by atoms with Gasteiger partial charge in [0.1, 0.15) is 17.2 Å². The molecule has 0 fully saturated rings. The fourth-order valence-electron chi connectivity index (χ4n) is 3.96. The van der Waals surface area contributed by atoms with Gasteiger partial charge < -0.3 is 23.8 Å². The summed E-state index contributed by atoms with van der Waals surface area (Å²) in [5.74, 6) is -0.947. The van der Waals surface area contributed by atoms with E-state index in [1.165, 1.54) is 25.1 Å². The Morgan fingerprint density at radius 1 is 1.32 bits per heavy atom. The minimum absolute atomic E-state index is 0.00219. The number of oxazole rings is 1. The van der Waals surface area contributed by atoms with Gasteiger partial charge in [0.2, 0.25) is 11.7 Å².